The molecule has 6 atom stereocenters. The number of carbonyl (C=O) groups is 2. The minimum Gasteiger partial charge on any atom is -0.318 e. The van der Waals surface area contributed by atoms with Gasteiger partial charge in [0.05, 0.1) is 18.1 Å². The Bertz CT molecular complexity index is 1170. The van der Waals surface area contributed by atoms with Crippen LogP contribution in [-0.4, -0.2) is 27.6 Å². The molecule has 2 saturated carbocycles. The van der Waals surface area contributed by atoms with Gasteiger partial charge in [0.1, 0.15) is 0 Å². The Morgan fingerprint density at radius 3 is 2.26 bits per heavy atom. The second-order valence-corrected chi connectivity index (χ2v) is 9.89. The van der Waals surface area contributed by atoms with Crippen LogP contribution in [-0.2, 0) is 9.59 Å². The van der Waals surface area contributed by atoms with Crippen LogP contribution < -0.4 is 0 Å². The Labute approximate surface area is 186 Å². The lowest BCUT2D eigenvalue weighted by Crippen LogP contribution is -2.40. The summed E-state index contributed by atoms with van der Waals surface area (Å²) in [5.41, 5.74) is 4.91. The van der Waals surface area contributed by atoms with E-state index in [0.29, 0.717) is 11.8 Å². The van der Waals surface area contributed by atoms with E-state index < -0.39 is 0 Å². The molecule has 2 aromatic rings. The van der Waals surface area contributed by atoms with Crippen LogP contribution in [0.2, 0.25) is 5.02 Å². The van der Waals surface area contributed by atoms with Crippen molar-refractivity contribution in [1.29, 1.82) is 0 Å². The number of allylic oxidation sites excluding steroid dienone is 2. The van der Waals surface area contributed by atoms with E-state index in [0.717, 1.165) is 44.7 Å². The van der Waals surface area contributed by atoms with Crippen LogP contribution in [0.15, 0.2) is 41.5 Å². The quantitative estimate of drug-likeness (QED) is 0.408. The third kappa shape index (κ3) is 2.59. The lowest BCUT2D eigenvalue weighted by atomic mass is 9.63. The van der Waals surface area contributed by atoms with Crippen LogP contribution in [0.25, 0.3) is 5.69 Å². The molecule has 2 amide bonds. The van der Waals surface area contributed by atoms with E-state index in [2.05, 4.69) is 21.8 Å². The molecule has 31 heavy (non-hydrogen) atoms. The van der Waals surface area contributed by atoms with Crippen molar-refractivity contribution in [2.24, 2.45) is 40.6 Å². The topological polar surface area (TPSA) is 54.7 Å². The molecule has 3 fully saturated rings. The number of amides is 2. The number of nitrogens with zero attached hydrogens (tertiary/aromatic N) is 3. The zero-order valence-electron chi connectivity index (χ0n) is 17.7. The van der Waals surface area contributed by atoms with Crippen LogP contribution >= 0.6 is 11.6 Å². The first kappa shape index (κ1) is 19.1. The first-order valence-corrected chi connectivity index (χ1v) is 11.3. The third-order valence-electron chi connectivity index (χ3n) is 7.84. The maximum atomic E-state index is 13.1. The zero-order chi connectivity index (χ0) is 21.6. The average Bonchev–Trinajstić information content (AvgIpc) is 3.47. The molecule has 2 bridgehead atoms. The summed E-state index contributed by atoms with van der Waals surface area (Å²) in [6.07, 6.45) is 7.17. The second-order valence-electron chi connectivity index (χ2n) is 9.48. The van der Waals surface area contributed by atoms with E-state index in [1.807, 2.05) is 45.0 Å². The SMILES string of the molecule is Cc1ccc(-n2c(C)cc(/C=N\N3C(=O)[C@@H]4[C@H]5C=C[C@@H]([C@@H]6C[C@H]56)[C@H]4C3=O)c2C)cc1Cl. The highest BCUT2D eigenvalue weighted by molar-refractivity contribution is 6.31. The van der Waals surface area contributed by atoms with Crippen molar-refractivity contribution in [3.8, 4) is 5.69 Å². The minimum absolute atomic E-state index is 0.130. The Balaban J connectivity index is 1.30. The monoisotopic (exact) mass is 433 g/mol. The summed E-state index contributed by atoms with van der Waals surface area (Å²) in [5.74, 6) is 0.927. The molecular formula is C25H24ClN3O2. The number of imide groups is 1. The van der Waals surface area contributed by atoms with Gasteiger partial charge in [0.25, 0.3) is 11.8 Å². The van der Waals surface area contributed by atoms with Gasteiger partial charge in [0, 0.05) is 27.7 Å². The summed E-state index contributed by atoms with van der Waals surface area (Å²) in [5, 5.41) is 6.26. The number of carbonyl (C=O) groups excluding carboxylic acids is 2. The zero-order valence-corrected chi connectivity index (χ0v) is 18.5. The molecule has 0 spiro atoms. The molecule has 1 aromatic carbocycles. The Morgan fingerprint density at radius 1 is 1.00 bits per heavy atom. The van der Waals surface area contributed by atoms with Gasteiger partial charge in [-0.3, -0.25) is 9.59 Å². The highest BCUT2D eigenvalue weighted by atomic mass is 35.5. The summed E-state index contributed by atoms with van der Waals surface area (Å²) in [6, 6.07) is 8.00. The summed E-state index contributed by atoms with van der Waals surface area (Å²) in [4.78, 5) is 26.2. The Kier molecular flexibility index (Phi) is 3.95. The molecule has 5 nitrogen and oxygen atoms in total. The number of hydrazone groups is 1. The maximum Gasteiger partial charge on any atom is 0.254 e. The number of rotatable bonds is 3. The van der Waals surface area contributed by atoms with Crippen molar-refractivity contribution in [3.05, 3.63) is 64.0 Å². The minimum atomic E-state index is -0.217. The number of aromatic nitrogens is 1. The average molecular weight is 434 g/mol. The largest absolute Gasteiger partial charge is 0.318 e. The standard InChI is InChI=1S/C25H24ClN3O2/c1-12-4-5-16(9-21(12)26)28-13(2)8-15(14(28)3)11-27-29-24(30)22-17-6-7-18(20-10-19(17)20)23(22)25(29)31/h4-9,11,17-20,22-23H,10H2,1-3H3/b27-11-/t17-,18-,19-,20+,22+,23+/m0/s1. The summed E-state index contributed by atoms with van der Waals surface area (Å²) in [7, 11) is 0. The van der Waals surface area contributed by atoms with E-state index in [1.54, 1.807) is 6.21 Å². The fourth-order valence-corrected chi connectivity index (χ4v) is 6.39. The molecule has 1 saturated heterocycles. The smallest absolute Gasteiger partial charge is 0.254 e. The number of halogens is 1. The number of hydrogen-bond acceptors (Lipinski definition) is 3. The van der Waals surface area contributed by atoms with E-state index in [1.165, 1.54) is 0 Å². The van der Waals surface area contributed by atoms with E-state index in [-0.39, 0.29) is 35.5 Å². The summed E-state index contributed by atoms with van der Waals surface area (Å²) in [6.45, 7) is 6.01. The maximum absolute atomic E-state index is 13.1. The van der Waals surface area contributed by atoms with Crippen molar-refractivity contribution < 1.29 is 9.59 Å². The molecule has 2 heterocycles. The second kappa shape index (κ2) is 6.42. The first-order valence-electron chi connectivity index (χ1n) is 10.9. The van der Waals surface area contributed by atoms with Gasteiger partial charge < -0.3 is 4.57 Å². The van der Waals surface area contributed by atoms with Crippen LogP contribution in [0.5, 0.6) is 0 Å². The number of aryl methyl sites for hydroxylation is 2. The van der Waals surface area contributed by atoms with Crippen molar-refractivity contribution in [2.45, 2.75) is 27.2 Å². The normalized spacial score (nSPS) is 32.8. The third-order valence-corrected chi connectivity index (χ3v) is 8.24. The first-order chi connectivity index (χ1) is 14.9. The molecule has 4 aliphatic carbocycles. The molecule has 1 aromatic heterocycles. The van der Waals surface area contributed by atoms with Crippen LogP contribution in [0, 0.1) is 56.3 Å². The van der Waals surface area contributed by atoms with Crippen molar-refractivity contribution in [1.82, 2.24) is 9.58 Å². The van der Waals surface area contributed by atoms with Crippen LogP contribution in [0.4, 0.5) is 0 Å². The predicted octanol–water partition coefficient (Wildman–Crippen LogP) is 4.44. The lowest BCUT2D eigenvalue weighted by molar-refractivity contribution is -0.140. The molecular weight excluding hydrogens is 410 g/mol. The fourth-order valence-electron chi connectivity index (χ4n) is 6.21. The van der Waals surface area contributed by atoms with Crippen molar-refractivity contribution >= 4 is 29.6 Å². The molecule has 0 radical (unpaired) electrons. The van der Waals surface area contributed by atoms with Crippen molar-refractivity contribution in [3.63, 3.8) is 0 Å². The molecule has 158 valence electrons. The van der Waals surface area contributed by atoms with Gasteiger partial charge in [-0.1, -0.05) is 29.8 Å². The highest BCUT2D eigenvalue weighted by Crippen LogP contribution is 2.65. The predicted molar refractivity (Wildman–Crippen MR) is 119 cm³/mol. The number of hydrogen-bond donors (Lipinski definition) is 0. The van der Waals surface area contributed by atoms with Gasteiger partial charge in [-0.25, -0.2) is 0 Å². The van der Waals surface area contributed by atoms with Gasteiger partial charge in [-0.2, -0.15) is 10.1 Å². The van der Waals surface area contributed by atoms with Crippen molar-refractivity contribution in [2.75, 3.05) is 0 Å². The van der Waals surface area contributed by atoms with Crippen LogP contribution in [0.3, 0.4) is 0 Å². The van der Waals surface area contributed by atoms with Gasteiger partial charge in [0.15, 0.2) is 0 Å². The molecule has 0 N–H and O–H groups in total. The number of benzene rings is 1. The lowest BCUT2D eigenvalue weighted by Gasteiger charge is -2.37. The summed E-state index contributed by atoms with van der Waals surface area (Å²) < 4.78 is 2.11. The van der Waals surface area contributed by atoms with Crippen LogP contribution in [0.1, 0.15) is 28.9 Å². The molecule has 0 unspecified atom stereocenters. The van der Waals surface area contributed by atoms with E-state index in [4.69, 9.17) is 11.6 Å². The van der Waals surface area contributed by atoms with Gasteiger partial charge >= 0.3 is 0 Å². The fraction of sp³-hybridized carbons (Fsp3) is 0.400. The van der Waals surface area contributed by atoms with E-state index in [9.17, 15) is 9.59 Å². The van der Waals surface area contributed by atoms with Gasteiger partial charge in [-0.05, 0) is 74.6 Å². The molecule has 5 aliphatic rings. The van der Waals surface area contributed by atoms with Gasteiger partial charge in [0.2, 0.25) is 0 Å². The highest BCUT2D eigenvalue weighted by Gasteiger charge is 2.67. The van der Waals surface area contributed by atoms with E-state index >= 15 is 0 Å². The molecule has 1 aliphatic heterocycles. The molecule has 7 rings (SSSR count). The van der Waals surface area contributed by atoms with Gasteiger partial charge in [-0.15, -0.1) is 0 Å². The Morgan fingerprint density at radius 2 is 1.65 bits per heavy atom. The Hall–Kier alpha value is -2.66. The summed E-state index contributed by atoms with van der Waals surface area (Å²) >= 11 is 6.33. The molecule has 6 heteroatoms.